The van der Waals surface area contributed by atoms with Gasteiger partial charge in [-0.15, -0.1) is 0 Å². The van der Waals surface area contributed by atoms with Crippen LogP contribution in [-0.4, -0.2) is 43.5 Å². The molecule has 6 nitrogen and oxygen atoms in total. The fourth-order valence-electron chi connectivity index (χ4n) is 3.53. The van der Waals surface area contributed by atoms with E-state index >= 15 is 0 Å². The van der Waals surface area contributed by atoms with Crippen LogP contribution in [0, 0.1) is 0 Å². The van der Waals surface area contributed by atoms with Crippen molar-refractivity contribution in [2.75, 3.05) is 26.7 Å². The van der Waals surface area contributed by atoms with E-state index in [2.05, 4.69) is 27.0 Å². The van der Waals surface area contributed by atoms with Gasteiger partial charge in [-0.3, -0.25) is 14.5 Å². The first kappa shape index (κ1) is 20.4. The van der Waals surface area contributed by atoms with Crippen molar-refractivity contribution in [1.29, 1.82) is 0 Å². The minimum atomic E-state index is -0.631. The largest absolute Gasteiger partial charge is 0.496 e. The number of piperidine rings is 1. The first-order valence-corrected chi connectivity index (χ1v) is 10.6. The molecule has 0 radical (unpaired) electrons. The van der Waals surface area contributed by atoms with Crippen LogP contribution in [0.25, 0.3) is 0 Å². The van der Waals surface area contributed by atoms with Gasteiger partial charge in [-0.05, 0) is 54.4 Å². The molecule has 2 amide bonds. The summed E-state index contributed by atoms with van der Waals surface area (Å²) in [6.45, 7) is 2.72. The Hall–Kier alpha value is -2.38. The number of nitrogens with zero attached hydrogens (tertiary/aromatic N) is 1. The Morgan fingerprint density at radius 2 is 1.86 bits per heavy atom. The van der Waals surface area contributed by atoms with Gasteiger partial charge in [0.05, 0.1) is 13.2 Å². The Labute approximate surface area is 169 Å². The maximum Gasteiger partial charge on any atom is 0.309 e. The average Bonchev–Trinajstić information content (AvgIpc) is 3.27. The van der Waals surface area contributed by atoms with E-state index in [9.17, 15) is 9.59 Å². The Bertz CT molecular complexity index is 773. The third kappa shape index (κ3) is 5.33. The zero-order chi connectivity index (χ0) is 19.8. The number of amides is 2. The van der Waals surface area contributed by atoms with Gasteiger partial charge in [0.2, 0.25) is 0 Å². The van der Waals surface area contributed by atoms with Crippen LogP contribution in [0.15, 0.2) is 41.1 Å². The zero-order valence-electron chi connectivity index (χ0n) is 16.1. The molecule has 0 saturated carbocycles. The molecule has 28 heavy (non-hydrogen) atoms. The third-order valence-electron chi connectivity index (χ3n) is 5.05. The van der Waals surface area contributed by atoms with E-state index in [1.165, 1.54) is 24.8 Å². The lowest BCUT2D eigenvalue weighted by molar-refractivity contribution is -0.139. The van der Waals surface area contributed by atoms with Crippen molar-refractivity contribution in [3.8, 4) is 5.75 Å². The van der Waals surface area contributed by atoms with Gasteiger partial charge < -0.3 is 15.4 Å². The molecule has 0 bridgehead atoms. The summed E-state index contributed by atoms with van der Waals surface area (Å²) in [5, 5.41) is 9.65. The molecule has 2 N–H and O–H groups in total. The van der Waals surface area contributed by atoms with Gasteiger partial charge in [0.15, 0.2) is 0 Å². The van der Waals surface area contributed by atoms with Crippen molar-refractivity contribution in [1.82, 2.24) is 15.5 Å². The molecule has 2 heterocycles. The molecular formula is C21H27N3O3S. The maximum absolute atomic E-state index is 12.3. The molecule has 1 unspecified atom stereocenters. The van der Waals surface area contributed by atoms with Crippen LogP contribution in [0.5, 0.6) is 5.75 Å². The molecule has 150 valence electrons. The SMILES string of the molecule is COc1ccccc1CNC(=O)C(=O)NCC(c1ccsc1)N1CCCCC1. The van der Waals surface area contributed by atoms with E-state index in [1.54, 1.807) is 18.4 Å². The molecule has 2 aromatic rings. The highest BCUT2D eigenvalue weighted by Gasteiger charge is 2.24. The summed E-state index contributed by atoms with van der Waals surface area (Å²) >= 11 is 1.65. The maximum atomic E-state index is 12.3. The molecule has 1 saturated heterocycles. The van der Waals surface area contributed by atoms with Gasteiger partial charge in [0.1, 0.15) is 5.75 Å². The number of likely N-dealkylation sites (tertiary alicyclic amines) is 1. The highest BCUT2D eigenvalue weighted by molar-refractivity contribution is 7.08. The topological polar surface area (TPSA) is 70.7 Å². The van der Waals surface area contributed by atoms with Gasteiger partial charge in [-0.2, -0.15) is 11.3 Å². The van der Waals surface area contributed by atoms with Crippen molar-refractivity contribution in [3.05, 3.63) is 52.2 Å². The smallest absolute Gasteiger partial charge is 0.309 e. The second-order valence-corrected chi connectivity index (χ2v) is 7.65. The number of methoxy groups -OCH3 is 1. The molecular weight excluding hydrogens is 374 g/mol. The second-order valence-electron chi connectivity index (χ2n) is 6.87. The Morgan fingerprint density at radius 1 is 1.11 bits per heavy atom. The molecule has 1 aromatic carbocycles. The van der Waals surface area contributed by atoms with Crippen molar-refractivity contribution in [3.63, 3.8) is 0 Å². The van der Waals surface area contributed by atoms with Crippen molar-refractivity contribution >= 4 is 23.2 Å². The summed E-state index contributed by atoms with van der Waals surface area (Å²) in [5.41, 5.74) is 2.03. The molecule has 1 aliphatic rings. The first-order valence-electron chi connectivity index (χ1n) is 9.63. The summed E-state index contributed by atoms with van der Waals surface area (Å²) in [5.74, 6) is -0.549. The predicted molar refractivity (Wildman–Crippen MR) is 110 cm³/mol. The third-order valence-corrected chi connectivity index (χ3v) is 5.75. The summed E-state index contributed by atoms with van der Waals surface area (Å²) in [6, 6.07) is 9.62. The van der Waals surface area contributed by atoms with Gasteiger partial charge in [-0.1, -0.05) is 24.6 Å². The molecule has 1 aliphatic heterocycles. The minimum absolute atomic E-state index is 0.109. The molecule has 1 fully saturated rings. The van der Waals surface area contributed by atoms with Gasteiger partial charge in [-0.25, -0.2) is 0 Å². The summed E-state index contributed by atoms with van der Waals surface area (Å²) in [6.07, 6.45) is 3.60. The lowest BCUT2D eigenvalue weighted by Gasteiger charge is -2.34. The van der Waals surface area contributed by atoms with Crippen LogP contribution in [0.1, 0.15) is 36.4 Å². The highest BCUT2D eigenvalue weighted by Crippen LogP contribution is 2.25. The van der Waals surface area contributed by atoms with E-state index in [-0.39, 0.29) is 12.6 Å². The Balaban J connectivity index is 1.54. The molecule has 3 rings (SSSR count). The second kappa shape index (κ2) is 10.2. The van der Waals surface area contributed by atoms with E-state index in [0.717, 1.165) is 18.7 Å². The van der Waals surface area contributed by atoms with E-state index in [1.807, 2.05) is 29.6 Å². The minimum Gasteiger partial charge on any atom is -0.496 e. The molecule has 7 heteroatoms. The number of hydrogen-bond donors (Lipinski definition) is 2. The standard InChI is InChI=1S/C21H27N3O3S/c1-27-19-8-4-3-7-16(19)13-22-20(25)21(26)23-14-18(17-9-12-28-15-17)24-10-5-2-6-11-24/h3-4,7-9,12,15,18H,2,5-6,10-11,13-14H2,1H3,(H,22,25)(H,23,26). The fourth-order valence-corrected chi connectivity index (χ4v) is 4.23. The van der Waals surface area contributed by atoms with Gasteiger partial charge in [0, 0.05) is 18.7 Å². The normalized spacial score (nSPS) is 15.6. The number of ether oxygens (including phenoxy) is 1. The average molecular weight is 402 g/mol. The number of benzene rings is 1. The monoisotopic (exact) mass is 401 g/mol. The molecule has 0 aliphatic carbocycles. The van der Waals surface area contributed by atoms with Crippen molar-refractivity contribution in [2.45, 2.75) is 31.8 Å². The highest BCUT2D eigenvalue weighted by atomic mass is 32.1. The Morgan fingerprint density at radius 3 is 2.57 bits per heavy atom. The van der Waals surface area contributed by atoms with Crippen molar-refractivity contribution in [2.24, 2.45) is 0 Å². The van der Waals surface area contributed by atoms with Crippen LogP contribution in [0.3, 0.4) is 0 Å². The summed E-state index contributed by atoms with van der Waals surface area (Å²) in [7, 11) is 1.58. The van der Waals surface area contributed by atoms with Crippen LogP contribution in [-0.2, 0) is 16.1 Å². The molecule has 1 atom stereocenters. The van der Waals surface area contributed by atoms with E-state index in [4.69, 9.17) is 4.74 Å². The number of hydrogen-bond acceptors (Lipinski definition) is 5. The fraction of sp³-hybridized carbons (Fsp3) is 0.429. The lowest BCUT2D eigenvalue weighted by Crippen LogP contribution is -2.45. The lowest BCUT2D eigenvalue weighted by atomic mass is 10.0. The van der Waals surface area contributed by atoms with Crippen LogP contribution in [0.2, 0.25) is 0 Å². The predicted octanol–water partition coefficient (Wildman–Crippen LogP) is 2.72. The van der Waals surface area contributed by atoms with Gasteiger partial charge in [0.25, 0.3) is 0 Å². The van der Waals surface area contributed by atoms with E-state index < -0.39 is 11.8 Å². The summed E-state index contributed by atoms with van der Waals surface area (Å²) < 4.78 is 5.27. The number of nitrogens with one attached hydrogen (secondary N) is 2. The number of thiophene rings is 1. The summed E-state index contributed by atoms with van der Waals surface area (Å²) in [4.78, 5) is 26.9. The van der Waals surface area contributed by atoms with Crippen LogP contribution in [0.4, 0.5) is 0 Å². The van der Waals surface area contributed by atoms with E-state index in [0.29, 0.717) is 12.3 Å². The number of rotatable bonds is 7. The Kier molecular flexibility index (Phi) is 7.45. The van der Waals surface area contributed by atoms with Crippen LogP contribution < -0.4 is 15.4 Å². The van der Waals surface area contributed by atoms with Crippen molar-refractivity contribution < 1.29 is 14.3 Å². The number of para-hydroxylation sites is 1. The van der Waals surface area contributed by atoms with Crippen LogP contribution >= 0.6 is 11.3 Å². The number of carbonyl (C=O) groups is 2. The quantitative estimate of drug-likeness (QED) is 0.700. The molecule has 1 aromatic heterocycles. The number of carbonyl (C=O) groups excluding carboxylic acids is 2. The zero-order valence-corrected chi connectivity index (χ0v) is 17.0. The van der Waals surface area contributed by atoms with Gasteiger partial charge >= 0.3 is 11.8 Å². The first-order chi connectivity index (χ1) is 13.7. The molecule has 0 spiro atoms.